The van der Waals surface area contributed by atoms with E-state index < -0.39 is 0 Å². The van der Waals surface area contributed by atoms with E-state index >= 15 is 0 Å². The summed E-state index contributed by atoms with van der Waals surface area (Å²) in [6, 6.07) is 27.3. The molecule has 0 aliphatic rings. The van der Waals surface area contributed by atoms with Crippen LogP contribution in [0.3, 0.4) is 0 Å². The second-order valence-electron chi connectivity index (χ2n) is 4.77. The zero-order valence-electron chi connectivity index (χ0n) is 11.8. The van der Waals surface area contributed by atoms with Gasteiger partial charge in [-0.15, -0.1) is 0 Å². The molecule has 0 bridgehead atoms. The molecule has 0 fully saturated rings. The molecule has 1 nitrogen and oxygen atoms in total. The van der Waals surface area contributed by atoms with Crippen molar-refractivity contribution in [1.29, 1.82) is 0 Å². The van der Waals surface area contributed by atoms with Gasteiger partial charge >= 0.3 is 0 Å². The molecule has 0 amide bonds. The smallest absolute Gasteiger partial charge is 0.0184 e. The molecule has 0 atom stereocenters. The molecule has 106 valence electrons. The highest BCUT2D eigenvalue weighted by atomic mass is 32.1. The Bertz CT molecular complexity index is 708. The van der Waals surface area contributed by atoms with E-state index in [9.17, 15) is 0 Å². The van der Waals surface area contributed by atoms with Gasteiger partial charge in [-0.25, -0.2) is 0 Å². The summed E-state index contributed by atoms with van der Waals surface area (Å²) in [5, 5.41) is 0. The zero-order chi connectivity index (χ0) is 13.8. The molecule has 2 N–H and O–H groups in total. The third-order valence-electron chi connectivity index (χ3n) is 3.54. The molecule has 2 heteroatoms. The van der Waals surface area contributed by atoms with E-state index in [0.29, 0.717) is 6.54 Å². The van der Waals surface area contributed by atoms with Gasteiger partial charge in [-0.3, -0.25) is 0 Å². The van der Waals surface area contributed by atoms with E-state index in [0.717, 1.165) is 0 Å². The Hall–Kier alpha value is -2.03. The summed E-state index contributed by atoms with van der Waals surface area (Å²) >= 11 is 0. The van der Waals surface area contributed by atoms with Crippen molar-refractivity contribution in [2.24, 2.45) is 5.73 Å². The van der Waals surface area contributed by atoms with Crippen LogP contribution in [0.25, 0.3) is 22.3 Å². The Morgan fingerprint density at radius 2 is 1.10 bits per heavy atom. The molecule has 0 radical (unpaired) electrons. The third-order valence-corrected chi connectivity index (χ3v) is 3.54. The van der Waals surface area contributed by atoms with Crippen molar-refractivity contribution in [1.82, 2.24) is 0 Å². The maximum atomic E-state index is 5.88. The van der Waals surface area contributed by atoms with Gasteiger partial charge < -0.3 is 5.73 Å². The minimum Gasteiger partial charge on any atom is -0.326 e. The summed E-state index contributed by atoms with van der Waals surface area (Å²) in [6.07, 6.45) is 0. The van der Waals surface area contributed by atoms with E-state index in [1.54, 1.807) is 0 Å². The molecule has 0 unspecified atom stereocenters. The predicted molar refractivity (Wildman–Crippen MR) is 95.6 cm³/mol. The fourth-order valence-electron chi connectivity index (χ4n) is 2.55. The molecule has 3 aromatic rings. The van der Waals surface area contributed by atoms with E-state index in [2.05, 4.69) is 66.7 Å². The van der Waals surface area contributed by atoms with Crippen LogP contribution >= 0.6 is 13.5 Å². The Kier molecular flexibility index (Phi) is 5.20. The summed E-state index contributed by atoms with van der Waals surface area (Å²) in [5.74, 6) is 0. The van der Waals surface area contributed by atoms with Gasteiger partial charge in [0.1, 0.15) is 0 Å². The lowest BCUT2D eigenvalue weighted by molar-refractivity contribution is 1.07. The van der Waals surface area contributed by atoms with Crippen molar-refractivity contribution in [3.63, 3.8) is 0 Å². The van der Waals surface area contributed by atoms with Crippen molar-refractivity contribution in [2.75, 3.05) is 0 Å². The number of hydrogen-bond acceptors (Lipinski definition) is 1. The van der Waals surface area contributed by atoms with Gasteiger partial charge in [0.2, 0.25) is 0 Å². The molecule has 0 saturated carbocycles. The maximum absolute atomic E-state index is 5.88. The summed E-state index contributed by atoms with van der Waals surface area (Å²) in [5.41, 5.74) is 12.0. The molecule has 0 heterocycles. The minimum absolute atomic E-state index is 0. The highest BCUT2D eigenvalue weighted by Gasteiger charge is 2.09. The van der Waals surface area contributed by atoms with Gasteiger partial charge in [-0.2, -0.15) is 13.5 Å². The summed E-state index contributed by atoms with van der Waals surface area (Å²) in [6.45, 7) is 0.555. The van der Waals surface area contributed by atoms with Gasteiger partial charge in [-0.1, -0.05) is 78.9 Å². The van der Waals surface area contributed by atoms with Crippen molar-refractivity contribution in [3.8, 4) is 22.3 Å². The summed E-state index contributed by atoms with van der Waals surface area (Å²) < 4.78 is 0. The number of hydrogen-bond donors (Lipinski definition) is 1. The zero-order valence-corrected chi connectivity index (χ0v) is 12.8. The lowest BCUT2D eigenvalue weighted by atomic mass is 9.92. The SMILES string of the molecule is NCc1ccccc1-c1ccccc1-c1ccccc1.S. The van der Waals surface area contributed by atoms with Gasteiger partial charge in [-0.05, 0) is 27.8 Å². The topological polar surface area (TPSA) is 26.0 Å². The summed E-state index contributed by atoms with van der Waals surface area (Å²) in [7, 11) is 0. The quantitative estimate of drug-likeness (QED) is 0.751. The molecule has 0 aliphatic heterocycles. The summed E-state index contributed by atoms with van der Waals surface area (Å²) in [4.78, 5) is 0. The number of nitrogens with two attached hydrogens (primary N) is 1. The first-order valence-electron chi connectivity index (χ1n) is 6.83. The fraction of sp³-hybridized carbons (Fsp3) is 0.0526. The van der Waals surface area contributed by atoms with Crippen LogP contribution in [0.1, 0.15) is 5.56 Å². The van der Waals surface area contributed by atoms with Crippen molar-refractivity contribution in [2.45, 2.75) is 6.54 Å². The van der Waals surface area contributed by atoms with E-state index in [1.807, 2.05) is 12.1 Å². The molecule has 0 aliphatic carbocycles. The second-order valence-corrected chi connectivity index (χ2v) is 4.77. The van der Waals surface area contributed by atoms with Crippen molar-refractivity contribution >= 4 is 13.5 Å². The fourth-order valence-corrected chi connectivity index (χ4v) is 2.55. The number of benzene rings is 3. The Balaban J connectivity index is 0.00000161. The first-order chi connectivity index (χ1) is 9.90. The molecule has 0 saturated heterocycles. The van der Waals surface area contributed by atoms with E-state index in [1.165, 1.54) is 27.8 Å². The average molecular weight is 293 g/mol. The second kappa shape index (κ2) is 7.11. The Morgan fingerprint density at radius 3 is 1.76 bits per heavy atom. The standard InChI is InChI=1S/C19H17N.H2S/c20-14-16-10-4-5-12-18(16)19-13-7-6-11-17(19)15-8-2-1-3-9-15;/h1-13H,14,20H2;1H2. The molecule has 0 spiro atoms. The molecule has 3 rings (SSSR count). The van der Waals surface area contributed by atoms with Crippen LogP contribution in [0.15, 0.2) is 78.9 Å². The van der Waals surface area contributed by atoms with Gasteiger partial charge in [0.25, 0.3) is 0 Å². The van der Waals surface area contributed by atoms with Crippen molar-refractivity contribution in [3.05, 3.63) is 84.4 Å². The predicted octanol–water partition coefficient (Wildman–Crippen LogP) is 4.59. The first kappa shape index (κ1) is 15.4. The van der Waals surface area contributed by atoms with E-state index in [4.69, 9.17) is 5.73 Å². The molecule has 0 aromatic heterocycles. The average Bonchev–Trinajstić information content (AvgIpc) is 2.55. The minimum atomic E-state index is 0. The van der Waals surface area contributed by atoms with Gasteiger partial charge in [0, 0.05) is 6.54 Å². The molecule has 21 heavy (non-hydrogen) atoms. The molecular weight excluding hydrogens is 274 g/mol. The first-order valence-corrected chi connectivity index (χ1v) is 6.83. The van der Waals surface area contributed by atoms with Crippen LogP contribution in [0.5, 0.6) is 0 Å². The lowest BCUT2D eigenvalue weighted by Crippen LogP contribution is -1.99. The van der Waals surface area contributed by atoms with Gasteiger partial charge in [0.15, 0.2) is 0 Å². The normalized spacial score (nSPS) is 9.95. The third kappa shape index (κ3) is 3.18. The van der Waals surface area contributed by atoms with E-state index in [-0.39, 0.29) is 13.5 Å². The molecular formula is C19H19NS. The molecule has 3 aromatic carbocycles. The van der Waals surface area contributed by atoms with Crippen molar-refractivity contribution < 1.29 is 0 Å². The van der Waals surface area contributed by atoms with Crippen LogP contribution in [0.4, 0.5) is 0 Å². The number of rotatable bonds is 3. The van der Waals surface area contributed by atoms with Crippen LogP contribution in [0.2, 0.25) is 0 Å². The van der Waals surface area contributed by atoms with Crippen LogP contribution in [-0.2, 0) is 6.54 Å². The Labute approximate surface area is 132 Å². The van der Waals surface area contributed by atoms with Crippen LogP contribution in [-0.4, -0.2) is 0 Å². The Morgan fingerprint density at radius 1 is 0.571 bits per heavy atom. The largest absolute Gasteiger partial charge is 0.326 e. The maximum Gasteiger partial charge on any atom is 0.0184 e. The highest BCUT2D eigenvalue weighted by Crippen LogP contribution is 2.33. The van der Waals surface area contributed by atoms with Crippen LogP contribution < -0.4 is 5.73 Å². The van der Waals surface area contributed by atoms with Crippen LogP contribution in [0, 0.1) is 0 Å². The lowest BCUT2D eigenvalue weighted by Gasteiger charge is -2.13. The monoisotopic (exact) mass is 293 g/mol. The van der Waals surface area contributed by atoms with Gasteiger partial charge in [0.05, 0.1) is 0 Å². The highest BCUT2D eigenvalue weighted by molar-refractivity contribution is 7.59.